The molecule has 6 nitrogen and oxygen atoms in total. The number of benzene rings is 3. The number of phenolic OH excluding ortho intramolecular Hbond substituents is 2. The summed E-state index contributed by atoms with van der Waals surface area (Å²) in [7, 11) is 1.37. The smallest absolute Gasteiger partial charge is 0.311 e. The lowest BCUT2D eigenvalue weighted by atomic mass is 9.76. The molecule has 6 heteroatoms. The second kappa shape index (κ2) is 9.30. The second-order valence-electron chi connectivity index (χ2n) is 9.50. The molecule has 3 aromatic rings. The van der Waals surface area contributed by atoms with Crippen molar-refractivity contribution in [1.82, 2.24) is 0 Å². The Labute approximate surface area is 194 Å². The number of ether oxygens (including phenoxy) is 2. The van der Waals surface area contributed by atoms with E-state index in [0.717, 1.165) is 16.2 Å². The Morgan fingerprint density at radius 3 is 2.30 bits per heavy atom. The van der Waals surface area contributed by atoms with Crippen LogP contribution in [0, 0.1) is 10.8 Å². The summed E-state index contributed by atoms with van der Waals surface area (Å²) in [5, 5.41) is 23.4. The summed E-state index contributed by atoms with van der Waals surface area (Å²) < 4.78 is 10.7. The van der Waals surface area contributed by atoms with Gasteiger partial charge in [0.15, 0.2) is 0 Å². The van der Waals surface area contributed by atoms with Gasteiger partial charge in [0, 0.05) is 10.9 Å². The van der Waals surface area contributed by atoms with Gasteiger partial charge in [0.25, 0.3) is 0 Å². The second-order valence-corrected chi connectivity index (χ2v) is 9.50. The maximum atomic E-state index is 13.1. The van der Waals surface area contributed by atoms with Gasteiger partial charge in [-0.3, -0.25) is 9.59 Å². The molecule has 0 radical (unpaired) electrons. The van der Waals surface area contributed by atoms with Crippen LogP contribution >= 0.6 is 0 Å². The Balaban J connectivity index is 1.87. The number of hydrogen-bond acceptors (Lipinski definition) is 6. The van der Waals surface area contributed by atoms with Crippen LogP contribution in [0.3, 0.4) is 0 Å². The summed E-state index contributed by atoms with van der Waals surface area (Å²) in [6, 6.07) is 12.0. The molecule has 3 rings (SSSR count). The van der Waals surface area contributed by atoms with Crippen LogP contribution in [0.4, 0.5) is 0 Å². The number of aromatic hydroxyl groups is 2. The Morgan fingerprint density at radius 2 is 1.64 bits per heavy atom. The van der Waals surface area contributed by atoms with Gasteiger partial charge in [-0.15, -0.1) is 0 Å². The summed E-state index contributed by atoms with van der Waals surface area (Å²) in [6.07, 6.45) is 1.57. The zero-order valence-electron chi connectivity index (χ0n) is 19.9. The topological polar surface area (TPSA) is 93.1 Å². The lowest BCUT2D eigenvalue weighted by molar-refractivity contribution is -0.158. The molecule has 0 aliphatic rings. The van der Waals surface area contributed by atoms with Crippen LogP contribution in [0.25, 0.3) is 21.5 Å². The molecule has 1 atom stereocenters. The first-order chi connectivity index (χ1) is 15.5. The van der Waals surface area contributed by atoms with E-state index in [1.165, 1.54) is 7.11 Å². The summed E-state index contributed by atoms with van der Waals surface area (Å²) in [4.78, 5) is 25.2. The van der Waals surface area contributed by atoms with Gasteiger partial charge >= 0.3 is 11.9 Å². The number of carbonyl (C=O) groups excluding carboxylic acids is 2. The normalized spacial score (nSPS) is 13.6. The molecule has 3 aromatic carbocycles. The van der Waals surface area contributed by atoms with Gasteiger partial charge in [0.05, 0.1) is 17.9 Å². The average molecular weight is 453 g/mol. The molecule has 0 aromatic heterocycles. The fraction of sp³-hybridized carbons (Fsp3) is 0.407. The highest BCUT2D eigenvalue weighted by Gasteiger charge is 2.37. The van der Waals surface area contributed by atoms with Crippen LogP contribution in [-0.4, -0.2) is 29.3 Å². The molecule has 33 heavy (non-hydrogen) atoms. The third kappa shape index (κ3) is 4.90. The molecule has 0 amide bonds. The average Bonchev–Trinajstić information content (AvgIpc) is 2.80. The summed E-state index contributed by atoms with van der Waals surface area (Å²) in [5.41, 5.74) is -0.756. The quantitative estimate of drug-likeness (QED) is 0.329. The molecule has 0 saturated carbocycles. The van der Waals surface area contributed by atoms with E-state index in [2.05, 4.69) is 0 Å². The maximum absolute atomic E-state index is 13.1. The molecule has 0 fully saturated rings. The molecular weight excluding hydrogens is 420 g/mol. The zero-order valence-corrected chi connectivity index (χ0v) is 19.9. The van der Waals surface area contributed by atoms with E-state index in [1.807, 2.05) is 39.8 Å². The minimum atomic E-state index is -0.810. The zero-order chi connectivity index (χ0) is 24.4. The summed E-state index contributed by atoms with van der Waals surface area (Å²) in [5.74, 6) is -0.416. The van der Waals surface area contributed by atoms with Crippen LogP contribution in [-0.2, 0) is 25.7 Å². The molecule has 176 valence electrons. The highest BCUT2D eigenvalue weighted by molar-refractivity contribution is 6.04. The van der Waals surface area contributed by atoms with Crippen LogP contribution < -0.4 is 0 Å². The van der Waals surface area contributed by atoms with E-state index in [0.29, 0.717) is 30.2 Å². The number of phenols is 2. The van der Waals surface area contributed by atoms with Gasteiger partial charge < -0.3 is 19.7 Å². The molecule has 0 saturated heterocycles. The Kier molecular flexibility index (Phi) is 6.86. The van der Waals surface area contributed by atoms with Crippen molar-refractivity contribution in [3.8, 4) is 11.5 Å². The Morgan fingerprint density at radius 1 is 0.909 bits per heavy atom. The van der Waals surface area contributed by atoms with Crippen molar-refractivity contribution >= 4 is 33.5 Å². The number of fused-ring (bicyclic) bond motifs is 2. The first-order valence-corrected chi connectivity index (χ1v) is 11.1. The van der Waals surface area contributed by atoms with Crippen LogP contribution in [0.1, 0.15) is 52.5 Å². The number of esters is 2. The molecule has 2 N–H and O–H groups in total. The molecular formula is C27H32O6. The number of rotatable bonds is 8. The van der Waals surface area contributed by atoms with E-state index in [1.54, 1.807) is 30.3 Å². The first kappa shape index (κ1) is 24.4. The third-order valence-corrected chi connectivity index (χ3v) is 6.73. The first-order valence-electron chi connectivity index (χ1n) is 11.1. The van der Waals surface area contributed by atoms with Crippen molar-refractivity contribution in [2.24, 2.45) is 10.8 Å². The summed E-state index contributed by atoms with van der Waals surface area (Å²) in [6.45, 7) is 7.38. The minimum Gasteiger partial charge on any atom is -0.508 e. The standard InChI is InChI=1S/C27H32O6/c1-6-27(4,25(31)32-5)13-12-26(2,3)24(30)33-16-22-19-8-7-9-23(29)21(19)14-17-10-11-18(28)15-20(17)22/h7-11,14-15,28-29H,6,12-13,16H2,1-5H3. The molecule has 0 aliphatic carbocycles. The van der Waals surface area contributed by atoms with E-state index in [-0.39, 0.29) is 30.0 Å². The molecule has 0 heterocycles. The number of methoxy groups -OCH3 is 1. The fourth-order valence-corrected chi connectivity index (χ4v) is 4.05. The van der Waals surface area contributed by atoms with Gasteiger partial charge in [-0.1, -0.05) is 25.1 Å². The number of carbonyl (C=O) groups is 2. The van der Waals surface area contributed by atoms with Gasteiger partial charge in [0.1, 0.15) is 18.1 Å². The van der Waals surface area contributed by atoms with E-state index in [4.69, 9.17) is 9.47 Å². The van der Waals surface area contributed by atoms with E-state index < -0.39 is 10.8 Å². The van der Waals surface area contributed by atoms with Gasteiger partial charge in [0.2, 0.25) is 0 Å². The van der Waals surface area contributed by atoms with Crippen molar-refractivity contribution in [2.45, 2.75) is 53.6 Å². The van der Waals surface area contributed by atoms with E-state index >= 15 is 0 Å². The lowest BCUT2D eigenvalue weighted by Crippen LogP contribution is -2.33. The predicted molar refractivity (Wildman–Crippen MR) is 128 cm³/mol. The lowest BCUT2D eigenvalue weighted by Gasteiger charge is -2.30. The van der Waals surface area contributed by atoms with Gasteiger partial charge in [-0.05, 0) is 80.5 Å². The molecule has 1 unspecified atom stereocenters. The predicted octanol–water partition coefficient (Wildman–Crippen LogP) is 5.84. The van der Waals surface area contributed by atoms with Crippen LogP contribution in [0.2, 0.25) is 0 Å². The van der Waals surface area contributed by atoms with Crippen molar-refractivity contribution in [2.75, 3.05) is 7.11 Å². The fourth-order valence-electron chi connectivity index (χ4n) is 4.05. The highest BCUT2D eigenvalue weighted by atomic mass is 16.5. The van der Waals surface area contributed by atoms with Gasteiger partial charge in [-0.2, -0.15) is 0 Å². The third-order valence-electron chi connectivity index (χ3n) is 6.73. The number of hydrogen-bond donors (Lipinski definition) is 2. The monoisotopic (exact) mass is 452 g/mol. The Hall–Kier alpha value is -3.28. The van der Waals surface area contributed by atoms with Crippen molar-refractivity contribution in [3.63, 3.8) is 0 Å². The molecule has 0 spiro atoms. The van der Waals surface area contributed by atoms with Crippen molar-refractivity contribution in [3.05, 3.63) is 48.0 Å². The Bertz CT molecular complexity index is 1190. The van der Waals surface area contributed by atoms with Crippen molar-refractivity contribution in [1.29, 1.82) is 0 Å². The highest BCUT2D eigenvalue weighted by Crippen LogP contribution is 2.37. The maximum Gasteiger partial charge on any atom is 0.311 e. The van der Waals surface area contributed by atoms with E-state index in [9.17, 15) is 19.8 Å². The molecule has 0 aliphatic heterocycles. The minimum absolute atomic E-state index is 0.00887. The van der Waals surface area contributed by atoms with Crippen LogP contribution in [0.15, 0.2) is 42.5 Å². The van der Waals surface area contributed by atoms with Crippen LogP contribution in [0.5, 0.6) is 11.5 Å². The molecule has 0 bridgehead atoms. The largest absolute Gasteiger partial charge is 0.508 e. The van der Waals surface area contributed by atoms with Crippen molar-refractivity contribution < 1.29 is 29.3 Å². The van der Waals surface area contributed by atoms with Gasteiger partial charge in [-0.25, -0.2) is 0 Å². The summed E-state index contributed by atoms with van der Waals surface area (Å²) >= 11 is 0. The SMILES string of the molecule is CCC(C)(CCC(C)(C)C(=O)OCc1c2cc(O)ccc2cc2c(O)cccc12)C(=O)OC.